The van der Waals surface area contributed by atoms with Crippen LogP contribution in [0.1, 0.15) is 26.6 Å². The van der Waals surface area contributed by atoms with Crippen LogP contribution in [0.15, 0.2) is 58.5 Å². The van der Waals surface area contributed by atoms with Crippen molar-refractivity contribution in [2.75, 3.05) is 6.54 Å². The molecule has 1 amide bonds. The Morgan fingerprint density at radius 2 is 2.00 bits per heavy atom. The number of hydrogen-bond donors (Lipinski definition) is 3. The molecule has 5 nitrogen and oxygen atoms in total. The van der Waals surface area contributed by atoms with E-state index < -0.39 is 11.5 Å². The molecule has 0 spiro atoms. The van der Waals surface area contributed by atoms with Gasteiger partial charge in [0.05, 0.1) is 17.5 Å². The maximum absolute atomic E-state index is 12.6. The first-order valence-electron chi connectivity index (χ1n) is 8.30. The highest BCUT2D eigenvalue weighted by molar-refractivity contribution is 7.28. The van der Waals surface area contributed by atoms with Gasteiger partial charge in [0, 0.05) is 4.70 Å². The lowest BCUT2D eigenvalue weighted by molar-refractivity contribution is 0.0525. The second-order valence-electron chi connectivity index (χ2n) is 6.28. The molecule has 4 rings (SSSR count). The number of rotatable bonds is 5. The van der Waals surface area contributed by atoms with Crippen molar-refractivity contribution < 1.29 is 19.4 Å². The van der Waals surface area contributed by atoms with Crippen molar-refractivity contribution in [3.05, 3.63) is 75.9 Å². The van der Waals surface area contributed by atoms with Gasteiger partial charge in [-0.1, -0.05) is 29.8 Å². The molecule has 1 unspecified atom stereocenters. The number of carbonyl (C=O) groups is 1. The zero-order chi connectivity index (χ0) is 19.0. The molecule has 0 aliphatic heterocycles. The second kappa shape index (κ2) is 6.84. The molecule has 3 heterocycles. The van der Waals surface area contributed by atoms with Gasteiger partial charge in [-0.2, -0.15) is 0 Å². The lowest BCUT2D eigenvalue weighted by Crippen LogP contribution is -2.41. The summed E-state index contributed by atoms with van der Waals surface area (Å²) in [6, 6.07) is 12.6. The summed E-state index contributed by atoms with van der Waals surface area (Å²) in [5.41, 5.74) is 0.157. The Kier molecular flexibility index (Phi) is 4.51. The Morgan fingerprint density at radius 3 is 2.67 bits per heavy atom. The Hall–Kier alpha value is -2.61. The van der Waals surface area contributed by atoms with Gasteiger partial charge in [-0.25, -0.2) is 0 Å². The summed E-state index contributed by atoms with van der Waals surface area (Å²) in [7, 11) is 0. The van der Waals surface area contributed by atoms with Crippen molar-refractivity contribution in [3.8, 4) is 5.75 Å². The van der Waals surface area contributed by atoms with E-state index in [1.54, 1.807) is 12.1 Å². The highest BCUT2D eigenvalue weighted by Crippen LogP contribution is 2.40. The predicted molar refractivity (Wildman–Crippen MR) is 107 cm³/mol. The molecular formula is C20H17NO4S2. The number of aliphatic hydroxyl groups is 1. The van der Waals surface area contributed by atoms with Crippen molar-refractivity contribution in [1.82, 2.24) is 5.32 Å². The molecule has 1 atom stereocenters. The molecule has 0 aliphatic carbocycles. The average molecular weight is 399 g/mol. The van der Waals surface area contributed by atoms with Gasteiger partial charge in [0.15, 0.2) is 11.4 Å². The summed E-state index contributed by atoms with van der Waals surface area (Å²) >= 11 is 2.62. The Labute approximate surface area is 163 Å². The van der Waals surface area contributed by atoms with Crippen molar-refractivity contribution in [2.24, 2.45) is 0 Å². The fourth-order valence-corrected chi connectivity index (χ4v) is 5.00. The van der Waals surface area contributed by atoms with Crippen LogP contribution < -0.4 is 5.32 Å². The topological polar surface area (TPSA) is 82.7 Å². The van der Waals surface area contributed by atoms with Gasteiger partial charge in [-0.15, -0.1) is 22.7 Å². The normalized spacial score (nSPS) is 13.6. The predicted octanol–water partition coefficient (Wildman–Crippen LogP) is 4.24. The molecule has 4 aromatic rings. The standard InChI is InChI=1S/C20H17NO4S2/c1-12-4-6-13(7-5-12)20(24,15-3-2-9-25-15)11-21-19(23)18-16(22)17-14(27-18)8-10-26-17/h2-10,22,24H,11H2,1H3,(H,21,23). The summed E-state index contributed by atoms with van der Waals surface area (Å²) < 4.78 is 7.00. The monoisotopic (exact) mass is 399 g/mol. The van der Waals surface area contributed by atoms with Crippen LogP contribution in [0, 0.1) is 6.92 Å². The summed E-state index contributed by atoms with van der Waals surface area (Å²) in [6.07, 6.45) is 1.48. The molecule has 0 saturated carbocycles. The van der Waals surface area contributed by atoms with E-state index in [0.29, 0.717) is 16.0 Å². The minimum absolute atomic E-state index is 0.0145. The van der Waals surface area contributed by atoms with Crippen LogP contribution in [0.3, 0.4) is 0 Å². The number of thiophene rings is 2. The number of carbonyl (C=O) groups excluding carboxylic acids is 1. The zero-order valence-electron chi connectivity index (χ0n) is 14.4. The van der Waals surface area contributed by atoms with Gasteiger partial charge in [-0.3, -0.25) is 4.79 Å². The fourth-order valence-electron chi connectivity index (χ4n) is 2.93. The van der Waals surface area contributed by atoms with Crippen molar-refractivity contribution in [3.63, 3.8) is 0 Å². The van der Waals surface area contributed by atoms with Crippen LogP contribution in [0.4, 0.5) is 0 Å². The minimum Gasteiger partial charge on any atom is -0.505 e. The lowest BCUT2D eigenvalue weighted by Gasteiger charge is -2.27. The van der Waals surface area contributed by atoms with Crippen molar-refractivity contribution >= 4 is 38.0 Å². The SMILES string of the molecule is Cc1ccc(C(O)(CNC(=O)c2sc3ccsc3c2O)c2ccco2)cc1. The summed E-state index contributed by atoms with van der Waals surface area (Å²) in [5.74, 6) is -0.111. The zero-order valence-corrected chi connectivity index (χ0v) is 16.1. The van der Waals surface area contributed by atoms with E-state index >= 15 is 0 Å². The average Bonchev–Trinajstić information content (AvgIpc) is 3.40. The van der Waals surface area contributed by atoms with Crippen LogP contribution in [0.5, 0.6) is 5.75 Å². The van der Waals surface area contributed by atoms with Gasteiger partial charge >= 0.3 is 0 Å². The number of nitrogens with one attached hydrogen (secondary N) is 1. The molecule has 27 heavy (non-hydrogen) atoms. The quantitative estimate of drug-likeness (QED) is 0.469. The molecule has 7 heteroatoms. The second-order valence-corrected chi connectivity index (χ2v) is 8.25. The third-order valence-electron chi connectivity index (χ3n) is 4.44. The van der Waals surface area contributed by atoms with E-state index in [9.17, 15) is 15.0 Å². The van der Waals surface area contributed by atoms with Crippen molar-refractivity contribution in [1.29, 1.82) is 0 Å². The molecule has 0 saturated heterocycles. The summed E-state index contributed by atoms with van der Waals surface area (Å²) in [5, 5.41) is 26.2. The van der Waals surface area contributed by atoms with Crippen LogP contribution >= 0.6 is 22.7 Å². The van der Waals surface area contributed by atoms with Gasteiger partial charge < -0.3 is 19.9 Å². The number of amides is 1. The number of hydrogen-bond acceptors (Lipinski definition) is 6. The number of benzene rings is 1. The van der Waals surface area contributed by atoms with Crippen LogP contribution in [0.2, 0.25) is 0 Å². The van der Waals surface area contributed by atoms with E-state index in [0.717, 1.165) is 10.3 Å². The first kappa shape index (κ1) is 17.8. The van der Waals surface area contributed by atoms with Gasteiger partial charge in [-0.05, 0) is 36.1 Å². The maximum atomic E-state index is 12.6. The molecule has 3 aromatic heterocycles. The fraction of sp³-hybridized carbons (Fsp3) is 0.150. The third kappa shape index (κ3) is 3.14. The van der Waals surface area contributed by atoms with Gasteiger partial charge in [0.25, 0.3) is 5.91 Å². The summed E-state index contributed by atoms with van der Waals surface area (Å²) in [4.78, 5) is 12.9. The van der Waals surface area contributed by atoms with E-state index in [-0.39, 0.29) is 17.2 Å². The van der Waals surface area contributed by atoms with Crippen LogP contribution in [-0.4, -0.2) is 22.7 Å². The van der Waals surface area contributed by atoms with Crippen LogP contribution in [0.25, 0.3) is 9.40 Å². The van der Waals surface area contributed by atoms with Crippen molar-refractivity contribution in [2.45, 2.75) is 12.5 Å². The highest BCUT2D eigenvalue weighted by atomic mass is 32.1. The molecule has 0 aliphatic rings. The number of furan rings is 1. The molecule has 3 N–H and O–H groups in total. The van der Waals surface area contributed by atoms with Crippen LogP contribution in [-0.2, 0) is 5.60 Å². The number of aromatic hydroxyl groups is 1. The minimum atomic E-state index is -1.52. The first-order chi connectivity index (χ1) is 13.0. The summed E-state index contributed by atoms with van der Waals surface area (Å²) in [6.45, 7) is 1.87. The maximum Gasteiger partial charge on any atom is 0.265 e. The number of fused-ring (bicyclic) bond motifs is 1. The molecular weight excluding hydrogens is 382 g/mol. The van der Waals surface area contributed by atoms with E-state index in [1.807, 2.05) is 42.6 Å². The van der Waals surface area contributed by atoms with Gasteiger partial charge in [0.2, 0.25) is 0 Å². The number of aryl methyl sites for hydroxylation is 1. The Balaban J connectivity index is 1.62. The molecule has 138 valence electrons. The molecule has 1 aromatic carbocycles. The molecule has 0 radical (unpaired) electrons. The smallest absolute Gasteiger partial charge is 0.265 e. The Morgan fingerprint density at radius 1 is 1.22 bits per heavy atom. The molecule has 0 fully saturated rings. The third-order valence-corrected chi connectivity index (χ3v) is 6.63. The van der Waals surface area contributed by atoms with E-state index in [1.165, 1.54) is 28.9 Å². The largest absolute Gasteiger partial charge is 0.505 e. The highest BCUT2D eigenvalue weighted by Gasteiger charge is 2.35. The van der Waals surface area contributed by atoms with E-state index in [2.05, 4.69) is 5.32 Å². The Bertz CT molecular complexity index is 1080. The van der Waals surface area contributed by atoms with Gasteiger partial charge in [0.1, 0.15) is 10.6 Å². The van der Waals surface area contributed by atoms with E-state index in [4.69, 9.17) is 4.42 Å². The lowest BCUT2D eigenvalue weighted by atomic mass is 9.90. The first-order valence-corrected chi connectivity index (χ1v) is 9.99. The molecule has 0 bridgehead atoms.